The number of nitriles is 1. The monoisotopic (exact) mass is 491 g/mol. The van der Waals surface area contributed by atoms with Gasteiger partial charge in [-0.25, -0.2) is 13.6 Å². The lowest BCUT2D eigenvalue weighted by Gasteiger charge is -2.45. The Morgan fingerprint density at radius 1 is 1.31 bits per heavy atom. The maximum atomic E-state index is 15.0. The minimum absolute atomic E-state index is 0.0218. The topological polar surface area (TPSA) is 124 Å². The third-order valence-corrected chi connectivity index (χ3v) is 7.05. The predicted octanol–water partition coefficient (Wildman–Crippen LogP) is 1.71. The van der Waals surface area contributed by atoms with E-state index in [4.69, 9.17) is 0 Å². The maximum absolute atomic E-state index is 15.0. The molecule has 3 aromatic heterocycles. The number of likely N-dealkylation sites (tertiary alicyclic amines) is 2. The molecule has 0 bridgehead atoms. The maximum Gasteiger partial charge on any atom is 0.264 e. The van der Waals surface area contributed by atoms with Gasteiger partial charge in [-0.1, -0.05) is 11.8 Å². The summed E-state index contributed by atoms with van der Waals surface area (Å²) in [7, 11) is 1.78. The molecule has 2 fully saturated rings. The smallest absolute Gasteiger partial charge is 0.264 e. The first-order chi connectivity index (χ1) is 17.3. The number of carbonyl (C=O) groups is 2. The minimum atomic E-state index is -2.02. The Hall–Kier alpha value is -4.27. The van der Waals surface area contributed by atoms with Gasteiger partial charge in [0.1, 0.15) is 17.3 Å². The van der Waals surface area contributed by atoms with Crippen molar-refractivity contribution in [1.29, 1.82) is 5.26 Å². The largest absolute Gasteiger partial charge is 0.386 e. The van der Waals surface area contributed by atoms with Crippen LogP contribution < -0.4 is 5.32 Å². The molecule has 12 heteroatoms. The molecular weight excluding hydrogens is 465 g/mol. The number of hydrogen-bond acceptors (Lipinski definition) is 7. The third-order valence-electron chi connectivity index (χ3n) is 7.05. The highest BCUT2D eigenvalue weighted by atomic mass is 19.1. The number of rotatable bonds is 5. The van der Waals surface area contributed by atoms with Crippen molar-refractivity contribution in [3.8, 4) is 17.3 Å². The van der Waals surface area contributed by atoms with Crippen molar-refractivity contribution in [2.24, 2.45) is 0 Å². The Labute approximate surface area is 206 Å². The van der Waals surface area contributed by atoms with E-state index in [1.165, 1.54) is 16.0 Å². The van der Waals surface area contributed by atoms with Gasteiger partial charge in [-0.2, -0.15) is 10.4 Å². The van der Waals surface area contributed by atoms with Gasteiger partial charge in [0.05, 0.1) is 42.3 Å². The van der Waals surface area contributed by atoms with Crippen LogP contribution in [0.15, 0.2) is 31.1 Å². The molecule has 1 N–H and O–H groups in total. The van der Waals surface area contributed by atoms with Crippen molar-refractivity contribution in [3.63, 3.8) is 0 Å². The Morgan fingerprint density at radius 2 is 2.03 bits per heavy atom. The molecule has 0 atom stereocenters. The van der Waals surface area contributed by atoms with Gasteiger partial charge in [0, 0.05) is 31.9 Å². The summed E-state index contributed by atoms with van der Waals surface area (Å²) in [5.41, 5.74) is 2.28. The molecule has 5 rings (SSSR count). The van der Waals surface area contributed by atoms with Crippen LogP contribution in [0.2, 0.25) is 0 Å². The number of carbonyl (C=O) groups excluding carboxylic acids is 2. The second kappa shape index (κ2) is 8.75. The lowest BCUT2D eigenvalue weighted by molar-refractivity contribution is -0.162. The van der Waals surface area contributed by atoms with E-state index in [1.54, 1.807) is 11.6 Å². The Bertz CT molecular complexity index is 1400. The number of fused-ring (bicyclic) bond motifs is 1. The fourth-order valence-corrected chi connectivity index (χ4v) is 5.05. The van der Waals surface area contributed by atoms with Crippen LogP contribution in [0.5, 0.6) is 0 Å². The van der Waals surface area contributed by atoms with E-state index in [0.717, 1.165) is 23.0 Å². The van der Waals surface area contributed by atoms with E-state index in [2.05, 4.69) is 33.4 Å². The molecule has 0 saturated carbocycles. The molecule has 5 heterocycles. The van der Waals surface area contributed by atoms with Gasteiger partial charge >= 0.3 is 0 Å². The minimum Gasteiger partial charge on any atom is -0.386 e. The Morgan fingerprint density at radius 3 is 2.67 bits per heavy atom. The van der Waals surface area contributed by atoms with Gasteiger partial charge in [0.25, 0.3) is 5.91 Å². The second-order valence-corrected chi connectivity index (χ2v) is 9.21. The van der Waals surface area contributed by atoms with Crippen molar-refractivity contribution in [2.75, 3.05) is 38.5 Å². The lowest BCUT2D eigenvalue weighted by Crippen LogP contribution is -2.68. The summed E-state index contributed by atoms with van der Waals surface area (Å²) in [5, 5.41) is 25.6. The summed E-state index contributed by atoms with van der Waals surface area (Å²) in [6, 6.07) is 4.09. The first-order valence-electron chi connectivity index (χ1n) is 11.7. The molecule has 2 saturated heterocycles. The van der Waals surface area contributed by atoms with Crippen LogP contribution in [0.1, 0.15) is 30.1 Å². The van der Waals surface area contributed by atoms with Crippen molar-refractivity contribution in [2.45, 2.75) is 31.5 Å². The van der Waals surface area contributed by atoms with Gasteiger partial charge in [-0.15, -0.1) is 5.10 Å². The highest BCUT2D eigenvalue weighted by molar-refractivity contribution is 5.93. The van der Waals surface area contributed by atoms with Gasteiger partial charge < -0.3 is 15.1 Å². The van der Waals surface area contributed by atoms with E-state index in [1.807, 2.05) is 23.9 Å². The number of halogens is 1. The fraction of sp³-hybridized carbons (Fsp3) is 0.417. The molecule has 11 nitrogen and oxygen atoms in total. The molecule has 2 aliphatic heterocycles. The number of piperidine rings is 1. The molecule has 186 valence electrons. The number of amides is 2. The molecule has 2 amide bonds. The summed E-state index contributed by atoms with van der Waals surface area (Å²) >= 11 is 0. The Kier molecular flexibility index (Phi) is 5.70. The number of hydrogen-bond donors (Lipinski definition) is 1. The van der Waals surface area contributed by atoms with Crippen LogP contribution >= 0.6 is 0 Å². The summed E-state index contributed by atoms with van der Waals surface area (Å²) < 4.78 is 18.5. The molecule has 3 aromatic rings. The van der Waals surface area contributed by atoms with Crippen molar-refractivity contribution in [1.82, 2.24) is 34.4 Å². The Balaban J connectivity index is 1.30. The first-order valence-corrected chi connectivity index (χ1v) is 11.7. The third kappa shape index (κ3) is 3.67. The number of aromatic nitrogens is 5. The van der Waals surface area contributed by atoms with Crippen LogP contribution in [0.25, 0.3) is 16.8 Å². The van der Waals surface area contributed by atoms with Crippen LogP contribution in [0, 0.1) is 18.3 Å². The quantitative estimate of drug-likeness (QED) is 0.539. The standard InChI is InChI=1S/C24H26FN9O2/c1-4-20(35)32-13-24(25,14-32)23(36)31-7-5-18(6-8-31)34-15(2)21(29-30-34)16-9-19(27-3)22-17(10-26)11-28-33(22)12-16/h4,9,11-12,18,27H,1,5-8,13-14H2,2-3H3. The summed E-state index contributed by atoms with van der Waals surface area (Å²) in [4.78, 5) is 27.2. The average Bonchev–Trinajstić information content (AvgIpc) is 3.48. The van der Waals surface area contributed by atoms with Gasteiger partial charge in [-0.3, -0.25) is 9.59 Å². The molecule has 0 unspecified atom stereocenters. The molecule has 36 heavy (non-hydrogen) atoms. The highest BCUT2D eigenvalue weighted by Crippen LogP contribution is 2.33. The zero-order valence-corrected chi connectivity index (χ0v) is 20.1. The average molecular weight is 492 g/mol. The highest BCUT2D eigenvalue weighted by Gasteiger charge is 2.53. The van der Waals surface area contributed by atoms with Crippen LogP contribution in [0.4, 0.5) is 10.1 Å². The zero-order valence-electron chi connectivity index (χ0n) is 20.1. The van der Waals surface area contributed by atoms with E-state index < -0.39 is 11.6 Å². The van der Waals surface area contributed by atoms with Gasteiger partial charge in [-0.05, 0) is 31.9 Å². The van der Waals surface area contributed by atoms with Crippen molar-refractivity contribution in [3.05, 3.63) is 42.4 Å². The number of alkyl halides is 1. The van der Waals surface area contributed by atoms with Gasteiger partial charge in [0.2, 0.25) is 11.6 Å². The van der Waals surface area contributed by atoms with E-state index in [-0.39, 0.29) is 25.0 Å². The predicted molar refractivity (Wildman–Crippen MR) is 129 cm³/mol. The number of pyridine rings is 1. The van der Waals surface area contributed by atoms with Crippen molar-refractivity contribution < 1.29 is 14.0 Å². The molecule has 0 spiro atoms. The molecule has 2 aliphatic rings. The van der Waals surface area contributed by atoms with E-state index >= 15 is 4.39 Å². The summed E-state index contributed by atoms with van der Waals surface area (Å²) in [6.07, 6.45) is 5.71. The van der Waals surface area contributed by atoms with Crippen LogP contribution in [-0.2, 0) is 9.59 Å². The molecule has 0 aromatic carbocycles. The van der Waals surface area contributed by atoms with E-state index in [9.17, 15) is 14.9 Å². The van der Waals surface area contributed by atoms with Crippen molar-refractivity contribution >= 4 is 23.0 Å². The number of anilines is 1. The van der Waals surface area contributed by atoms with Crippen LogP contribution in [-0.4, -0.2) is 85.1 Å². The van der Waals surface area contributed by atoms with E-state index in [0.29, 0.717) is 42.7 Å². The summed E-state index contributed by atoms with van der Waals surface area (Å²) in [5.74, 6) is -0.930. The number of nitrogens with zero attached hydrogens (tertiary/aromatic N) is 8. The lowest BCUT2D eigenvalue weighted by atomic mass is 9.92. The number of nitrogens with one attached hydrogen (secondary N) is 1. The fourth-order valence-electron chi connectivity index (χ4n) is 5.05. The first kappa shape index (κ1) is 23.5. The normalized spacial score (nSPS) is 17.5. The molecule has 0 radical (unpaired) electrons. The SMILES string of the molecule is C=CC(=O)N1CC(F)(C(=O)N2CCC(n3nnc(-c4cc(NC)c5c(C#N)cnn5c4)c3C)CC2)C1. The molecule has 0 aliphatic carbocycles. The molecular formula is C24H26FN9O2. The zero-order chi connectivity index (χ0) is 25.6. The second-order valence-electron chi connectivity index (χ2n) is 9.21. The summed E-state index contributed by atoms with van der Waals surface area (Å²) in [6.45, 7) is 5.68. The van der Waals surface area contributed by atoms with Gasteiger partial charge in [0.15, 0.2) is 0 Å². The van der Waals surface area contributed by atoms with Crippen LogP contribution in [0.3, 0.4) is 0 Å².